The van der Waals surface area contributed by atoms with Gasteiger partial charge in [-0.2, -0.15) is 0 Å². The molecule has 0 fully saturated rings. The first-order chi connectivity index (χ1) is 27.8. The maximum absolute atomic E-state index is 2.49. The number of fused-ring (bicyclic) bond motifs is 8. The van der Waals surface area contributed by atoms with Crippen molar-refractivity contribution >= 4 is 71.2 Å². The molecule has 56 heavy (non-hydrogen) atoms. The lowest BCUT2D eigenvalue weighted by atomic mass is 9.95. The van der Waals surface area contributed by atoms with Gasteiger partial charge in [-0.05, 0) is 97.5 Å². The molecule has 0 bridgehead atoms. The average Bonchev–Trinajstić information content (AvgIpc) is 3.62. The Labute approximate surface area is 325 Å². The monoisotopic (exact) mass is 712 g/mol. The number of nitrogens with zero attached hydrogens (tertiary/aromatic N) is 2. The second-order valence-corrected chi connectivity index (χ2v) is 14.5. The SMILES string of the molecule is c1ccc(-c2cccc(-c3ccccc3N(c3ccc4ccc5c6ccccc6ccc5c4c3)c3cccc4c5ccccc5n(-c5ccccc5)c34)c2)cc1. The lowest BCUT2D eigenvalue weighted by Crippen LogP contribution is -2.13. The summed E-state index contributed by atoms with van der Waals surface area (Å²) in [5, 5.41) is 9.94. The maximum Gasteiger partial charge on any atom is 0.0782 e. The van der Waals surface area contributed by atoms with E-state index in [1.54, 1.807) is 0 Å². The van der Waals surface area contributed by atoms with Crippen molar-refractivity contribution in [2.45, 2.75) is 0 Å². The van der Waals surface area contributed by atoms with E-state index in [-0.39, 0.29) is 0 Å². The fourth-order valence-corrected chi connectivity index (χ4v) is 8.79. The van der Waals surface area contributed by atoms with E-state index in [1.807, 2.05) is 0 Å². The van der Waals surface area contributed by atoms with Crippen LogP contribution < -0.4 is 4.90 Å². The van der Waals surface area contributed by atoms with Gasteiger partial charge in [-0.15, -0.1) is 0 Å². The van der Waals surface area contributed by atoms with Gasteiger partial charge in [0.1, 0.15) is 0 Å². The summed E-state index contributed by atoms with van der Waals surface area (Å²) in [5.74, 6) is 0. The third kappa shape index (κ3) is 5.19. The van der Waals surface area contributed by atoms with E-state index >= 15 is 0 Å². The van der Waals surface area contributed by atoms with Crippen molar-refractivity contribution in [3.05, 3.63) is 218 Å². The largest absolute Gasteiger partial charge is 0.308 e. The molecule has 0 aliphatic rings. The van der Waals surface area contributed by atoms with Gasteiger partial charge in [0, 0.05) is 27.7 Å². The predicted octanol–water partition coefficient (Wildman–Crippen LogP) is 15.0. The Morgan fingerprint density at radius 3 is 1.77 bits per heavy atom. The Morgan fingerprint density at radius 1 is 0.321 bits per heavy atom. The van der Waals surface area contributed by atoms with E-state index in [0.717, 1.165) is 33.8 Å². The Balaban J connectivity index is 1.23. The van der Waals surface area contributed by atoms with Crippen LogP contribution >= 0.6 is 0 Å². The van der Waals surface area contributed by atoms with E-state index in [4.69, 9.17) is 0 Å². The molecule has 0 saturated heterocycles. The number of hydrogen-bond acceptors (Lipinski definition) is 1. The Kier molecular flexibility index (Phi) is 7.53. The van der Waals surface area contributed by atoms with Crippen LogP contribution in [0, 0.1) is 0 Å². The standard InChI is InChI=1S/C54H36N2/c1-3-15-37(16-4-1)40-18-13-19-41(35-40)45-23-9-11-26-51(45)55(43-32-29-39-31-33-46-44-22-8-7-17-38(44)30-34-47(46)50(39)36-43)53-28-14-25-49-48-24-10-12-27-52(48)56(54(49)53)42-20-5-2-6-21-42/h1-36H. The summed E-state index contributed by atoms with van der Waals surface area (Å²) in [4.78, 5) is 2.49. The van der Waals surface area contributed by atoms with Crippen LogP contribution in [0.1, 0.15) is 0 Å². The molecule has 11 aromatic rings. The molecule has 0 aliphatic heterocycles. The fraction of sp³-hybridized carbons (Fsp3) is 0. The van der Waals surface area contributed by atoms with Gasteiger partial charge in [0.25, 0.3) is 0 Å². The van der Waals surface area contributed by atoms with Crippen LogP contribution in [0.25, 0.3) is 82.1 Å². The fourth-order valence-electron chi connectivity index (χ4n) is 8.79. The lowest BCUT2D eigenvalue weighted by molar-refractivity contribution is 1.17. The van der Waals surface area contributed by atoms with E-state index in [2.05, 4.69) is 228 Å². The highest BCUT2D eigenvalue weighted by Crippen LogP contribution is 2.47. The highest BCUT2D eigenvalue weighted by atomic mass is 15.2. The third-order valence-corrected chi connectivity index (χ3v) is 11.3. The topological polar surface area (TPSA) is 8.17 Å². The molecule has 1 heterocycles. The molecule has 0 atom stereocenters. The molecule has 10 aromatic carbocycles. The minimum atomic E-state index is 1.10. The minimum Gasteiger partial charge on any atom is -0.308 e. The summed E-state index contributed by atoms with van der Waals surface area (Å²) >= 11 is 0. The van der Waals surface area contributed by atoms with Crippen molar-refractivity contribution in [1.82, 2.24) is 4.57 Å². The van der Waals surface area contributed by atoms with Crippen LogP contribution in [0.5, 0.6) is 0 Å². The molecular weight excluding hydrogens is 677 g/mol. The average molecular weight is 713 g/mol. The smallest absolute Gasteiger partial charge is 0.0782 e. The first-order valence-corrected chi connectivity index (χ1v) is 19.3. The summed E-state index contributed by atoms with van der Waals surface area (Å²) in [6.07, 6.45) is 0. The van der Waals surface area contributed by atoms with Gasteiger partial charge in [0.15, 0.2) is 0 Å². The van der Waals surface area contributed by atoms with Crippen molar-refractivity contribution < 1.29 is 0 Å². The van der Waals surface area contributed by atoms with Crippen molar-refractivity contribution in [1.29, 1.82) is 0 Å². The molecule has 262 valence electrons. The summed E-state index contributed by atoms with van der Waals surface area (Å²) in [6.45, 7) is 0. The molecule has 0 amide bonds. The highest BCUT2D eigenvalue weighted by Gasteiger charge is 2.24. The highest BCUT2D eigenvalue weighted by molar-refractivity contribution is 6.19. The van der Waals surface area contributed by atoms with Crippen LogP contribution in [0.15, 0.2) is 218 Å². The van der Waals surface area contributed by atoms with Gasteiger partial charge >= 0.3 is 0 Å². The van der Waals surface area contributed by atoms with Gasteiger partial charge < -0.3 is 9.47 Å². The van der Waals surface area contributed by atoms with E-state index in [9.17, 15) is 0 Å². The molecule has 0 saturated carbocycles. The Hall–Kier alpha value is -7.42. The summed E-state index contributed by atoms with van der Waals surface area (Å²) < 4.78 is 2.44. The number of rotatable bonds is 6. The van der Waals surface area contributed by atoms with Crippen LogP contribution in [-0.2, 0) is 0 Å². The van der Waals surface area contributed by atoms with Crippen molar-refractivity contribution in [3.63, 3.8) is 0 Å². The molecule has 11 rings (SSSR count). The molecule has 2 nitrogen and oxygen atoms in total. The third-order valence-electron chi connectivity index (χ3n) is 11.3. The molecule has 0 unspecified atom stereocenters. The first-order valence-electron chi connectivity index (χ1n) is 19.3. The predicted molar refractivity (Wildman–Crippen MR) is 239 cm³/mol. The number of para-hydroxylation sites is 4. The quantitative estimate of drug-likeness (QED) is 0.156. The van der Waals surface area contributed by atoms with Crippen molar-refractivity contribution in [2.24, 2.45) is 0 Å². The zero-order valence-electron chi connectivity index (χ0n) is 30.7. The van der Waals surface area contributed by atoms with Gasteiger partial charge in [-0.3, -0.25) is 0 Å². The van der Waals surface area contributed by atoms with Crippen LogP contribution in [0.4, 0.5) is 17.1 Å². The van der Waals surface area contributed by atoms with Crippen LogP contribution in [-0.4, -0.2) is 4.57 Å². The molecule has 0 N–H and O–H groups in total. The summed E-state index contributed by atoms with van der Waals surface area (Å²) in [5.41, 5.74) is 11.5. The number of hydrogen-bond donors (Lipinski definition) is 0. The zero-order valence-corrected chi connectivity index (χ0v) is 30.7. The molecule has 2 heteroatoms. The summed E-state index contributed by atoms with van der Waals surface area (Å²) in [7, 11) is 0. The van der Waals surface area contributed by atoms with Crippen LogP contribution in [0.2, 0.25) is 0 Å². The van der Waals surface area contributed by atoms with Gasteiger partial charge in [-0.1, -0.05) is 170 Å². The Morgan fingerprint density at radius 2 is 0.911 bits per heavy atom. The van der Waals surface area contributed by atoms with Gasteiger partial charge in [0.2, 0.25) is 0 Å². The van der Waals surface area contributed by atoms with E-state index in [1.165, 1.54) is 65.3 Å². The normalized spacial score (nSPS) is 11.6. The molecular formula is C54H36N2. The molecule has 1 aromatic heterocycles. The lowest BCUT2D eigenvalue weighted by Gasteiger charge is -2.29. The van der Waals surface area contributed by atoms with Crippen LogP contribution in [0.3, 0.4) is 0 Å². The van der Waals surface area contributed by atoms with Crippen molar-refractivity contribution in [3.8, 4) is 27.9 Å². The number of benzene rings is 10. The zero-order chi connectivity index (χ0) is 37.0. The minimum absolute atomic E-state index is 1.10. The van der Waals surface area contributed by atoms with Gasteiger partial charge in [0.05, 0.1) is 22.4 Å². The van der Waals surface area contributed by atoms with Crippen molar-refractivity contribution in [2.75, 3.05) is 4.90 Å². The van der Waals surface area contributed by atoms with E-state index < -0.39 is 0 Å². The Bertz CT molecular complexity index is 3250. The summed E-state index contributed by atoms with van der Waals surface area (Å²) in [6, 6.07) is 79.6. The molecule has 0 radical (unpaired) electrons. The molecule has 0 aliphatic carbocycles. The van der Waals surface area contributed by atoms with Gasteiger partial charge in [-0.25, -0.2) is 0 Å². The number of anilines is 3. The van der Waals surface area contributed by atoms with E-state index in [0.29, 0.717) is 0 Å². The second kappa shape index (κ2) is 13.2. The molecule has 0 spiro atoms. The second-order valence-electron chi connectivity index (χ2n) is 14.5. The first kappa shape index (κ1) is 32.0. The maximum atomic E-state index is 2.49. The number of aromatic nitrogens is 1.